The van der Waals surface area contributed by atoms with Crippen molar-refractivity contribution < 1.29 is 14.4 Å². The fourth-order valence-electron chi connectivity index (χ4n) is 3.43. The fraction of sp³-hybridized carbons (Fsp3) is 0.316. The Labute approximate surface area is 145 Å². The zero-order valence-electron chi connectivity index (χ0n) is 13.8. The largest absolute Gasteiger partial charge is 0.481 e. The summed E-state index contributed by atoms with van der Waals surface area (Å²) in [5.41, 5.74) is 0.920. The quantitative estimate of drug-likeness (QED) is 0.767. The molecule has 0 bridgehead atoms. The fourth-order valence-corrected chi connectivity index (χ4v) is 3.43. The van der Waals surface area contributed by atoms with Crippen molar-refractivity contribution >= 4 is 16.7 Å². The van der Waals surface area contributed by atoms with Gasteiger partial charge in [-0.1, -0.05) is 41.6 Å². The zero-order chi connectivity index (χ0) is 17.2. The normalized spacial score (nSPS) is 18.0. The van der Waals surface area contributed by atoms with Crippen LogP contribution in [0.4, 0.5) is 0 Å². The van der Waals surface area contributed by atoms with Gasteiger partial charge in [0.2, 0.25) is 11.7 Å². The van der Waals surface area contributed by atoms with Crippen molar-refractivity contribution in [1.82, 2.24) is 15.0 Å². The minimum absolute atomic E-state index is 0.0149. The lowest BCUT2D eigenvalue weighted by atomic mass is 10.1. The van der Waals surface area contributed by atoms with Gasteiger partial charge in [-0.3, -0.25) is 9.69 Å². The number of aliphatic carboxylic acids is 1. The number of aromatic nitrogens is 2. The lowest BCUT2D eigenvalue weighted by Crippen LogP contribution is -2.26. The number of hydrogen-bond donors (Lipinski definition) is 1. The molecular weight excluding hydrogens is 318 g/mol. The Morgan fingerprint density at radius 3 is 2.92 bits per heavy atom. The van der Waals surface area contributed by atoms with Gasteiger partial charge < -0.3 is 9.63 Å². The van der Waals surface area contributed by atoms with Crippen molar-refractivity contribution in [3.05, 3.63) is 48.4 Å². The van der Waals surface area contributed by atoms with Crippen molar-refractivity contribution in [2.75, 3.05) is 13.1 Å². The van der Waals surface area contributed by atoms with E-state index in [1.165, 1.54) is 5.39 Å². The number of likely N-dealkylation sites (tertiary alicyclic amines) is 1. The standard InChI is InChI=1S/C19H19N3O3/c23-17(24)9-11-22-10-3-6-16(22)19-20-18(21-25-19)15-8-7-13-4-1-2-5-14(13)12-15/h1-2,4-5,7-8,12,16H,3,6,9-11H2,(H,23,24)/t16-/m0/s1. The van der Waals surface area contributed by atoms with E-state index in [0.717, 1.165) is 30.3 Å². The third-order valence-corrected chi connectivity index (χ3v) is 4.71. The van der Waals surface area contributed by atoms with Crippen molar-refractivity contribution in [2.24, 2.45) is 0 Å². The molecule has 1 saturated heterocycles. The van der Waals surface area contributed by atoms with Crippen molar-refractivity contribution in [3.8, 4) is 11.4 Å². The molecule has 1 aromatic heterocycles. The summed E-state index contributed by atoms with van der Waals surface area (Å²) in [6.45, 7) is 1.37. The van der Waals surface area contributed by atoms with Crippen LogP contribution in [0, 0.1) is 0 Å². The summed E-state index contributed by atoms with van der Waals surface area (Å²) in [4.78, 5) is 17.5. The van der Waals surface area contributed by atoms with Gasteiger partial charge >= 0.3 is 5.97 Å². The Kier molecular flexibility index (Phi) is 4.19. The molecule has 2 heterocycles. The van der Waals surface area contributed by atoms with Gasteiger partial charge in [0, 0.05) is 12.1 Å². The Morgan fingerprint density at radius 2 is 2.08 bits per heavy atom. The van der Waals surface area contributed by atoms with Crippen LogP contribution in [-0.2, 0) is 4.79 Å². The average Bonchev–Trinajstić information content (AvgIpc) is 3.28. The van der Waals surface area contributed by atoms with Crippen molar-refractivity contribution in [3.63, 3.8) is 0 Å². The van der Waals surface area contributed by atoms with Crippen LogP contribution in [0.1, 0.15) is 31.2 Å². The molecule has 0 radical (unpaired) electrons. The van der Waals surface area contributed by atoms with Gasteiger partial charge in [-0.15, -0.1) is 0 Å². The van der Waals surface area contributed by atoms with Gasteiger partial charge in [0.25, 0.3) is 0 Å². The van der Waals surface area contributed by atoms with Gasteiger partial charge in [-0.2, -0.15) is 4.98 Å². The number of hydrogen-bond acceptors (Lipinski definition) is 5. The molecule has 1 aliphatic heterocycles. The van der Waals surface area contributed by atoms with Crippen LogP contribution in [0.2, 0.25) is 0 Å². The molecule has 6 heteroatoms. The van der Waals surface area contributed by atoms with Gasteiger partial charge in [0.15, 0.2) is 0 Å². The summed E-state index contributed by atoms with van der Waals surface area (Å²) in [6.07, 6.45) is 2.05. The Hall–Kier alpha value is -2.73. The van der Waals surface area contributed by atoms with E-state index in [9.17, 15) is 4.79 Å². The number of fused-ring (bicyclic) bond motifs is 1. The van der Waals surface area contributed by atoms with E-state index in [1.807, 2.05) is 18.2 Å². The molecule has 0 unspecified atom stereocenters. The minimum atomic E-state index is -0.784. The first-order valence-corrected chi connectivity index (χ1v) is 8.49. The Balaban J connectivity index is 1.57. The van der Waals surface area contributed by atoms with Crippen LogP contribution in [0.15, 0.2) is 47.0 Å². The number of benzene rings is 2. The van der Waals surface area contributed by atoms with Crippen LogP contribution in [0.5, 0.6) is 0 Å². The SMILES string of the molecule is O=C(O)CCN1CCC[C@H]1c1nc(-c2ccc3ccccc3c2)no1. The summed E-state index contributed by atoms with van der Waals surface area (Å²) >= 11 is 0. The minimum Gasteiger partial charge on any atom is -0.481 e. The van der Waals surface area contributed by atoms with E-state index in [-0.39, 0.29) is 12.5 Å². The molecule has 25 heavy (non-hydrogen) atoms. The molecule has 1 atom stereocenters. The molecule has 0 amide bonds. The molecular formula is C19H19N3O3. The second-order valence-corrected chi connectivity index (χ2v) is 6.36. The van der Waals surface area contributed by atoms with Crippen LogP contribution in [0.3, 0.4) is 0 Å². The van der Waals surface area contributed by atoms with Crippen LogP contribution >= 0.6 is 0 Å². The monoisotopic (exact) mass is 337 g/mol. The van der Waals surface area contributed by atoms with Gasteiger partial charge in [-0.25, -0.2) is 0 Å². The van der Waals surface area contributed by atoms with E-state index in [4.69, 9.17) is 9.63 Å². The predicted molar refractivity (Wildman–Crippen MR) is 93.0 cm³/mol. The predicted octanol–water partition coefficient (Wildman–Crippen LogP) is 3.50. The van der Waals surface area contributed by atoms with E-state index < -0.39 is 5.97 Å². The molecule has 128 valence electrons. The maximum atomic E-state index is 10.8. The highest BCUT2D eigenvalue weighted by molar-refractivity contribution is 5.86. The third kappa shape index (κ3) is 3.25. The molecule has 2 aromatic carbocycles. The van der Waals surface area contributed by atoms with E-state index in [0.29, 0.717) is 18.3 Å². The highest BCUT2D eigenvalue weighted by Gasteiger charge is 2.30. The highest BCUT2D eigenvalue weighted by Crippen LogP contribution is 2.32. The van der Waals surface area contributed by atoms with Gasteiger partial charge in [0.05, 0.1) is 12.5 Å². The summed E-state index contributed by atoms with van der Waals surface area (Å²) in [6, 6.07) is 14.3. The summed E-state index contributed by atoms with van der Waals surface area (Å²) in [7, 11) is 0. The van der Waals surface area contributed by atoms with Crippen LogP contribution in [0.25, 0.3) is 22.2 Å². The lowest BCUT2D eigenvalue weighted by Gasteiger charge is -2.20. The van der Waals surface area contributed by atoms with Crippen LogP contribution in [-0.4, -0.2) is 39.2 Å². The lowest BCUT2D eigenvalue weighted by molar-refractivity contribution is -0.137. The molecule has 1 fully saturated rings. The van der Waals surface area contributed by atoms with Crippen LogP contribution < -0.4 is 0 Å². The summed E-state index contributed by atoms with van der Waals surface area (Å²) in [5.74, 6) is 0.366. The van der Waals surface area contributed by atoms with Crippen molar-refractivity contribution in [2.45, 2.75) is 25.3 Å². The molecule has 0 saturated carbocycles. The zero-order valence-corrected chi connectivity index (χ0v) is 13.8. The van der Waals surface area contributed by atoms with Gasteiger partial charge in [0.1, 0.15) is 0 Å². The number of rotatable bonds is 5. The Bertz CT molecular complexity index is 906. The number of carboxylic acids is 1. The Morgan fingerprint density at radius 1 is 1.24 bits per heavy atom. The molecule has 4 rings (SSSR count). The summed E-state index contributed by atoms with van der Waals surface area (Å²) in [5, 5.41) is 15.3. The number of carboxylic acid groups (broad SMARTS) is 1. The molecule has 3 aromatic rings. The smallest absolute Gasteiger partial charge is 0.304 e. The molecule has 1 aliphatic rings. The number of nitrogens with zero attached hydrogens (tertiary/aromatic N) is 3. The van der Waals surface area contributed by atoms with Gasteiger partial charge in [-0.05, 0) is 36.2 Å². The molecule has 0 spiro atoms. The number of carbonyl (C=O) groups is 1. The topological polar surface area (TPSA) is 79.5 Å². The van der Waals surface area contributed by atoms with E-state index in [1.54, 1.807) is 0 Å². The summed E-state index contributed by atoms with van der Waals surface area (Å²) < 4.78 is 5.50. The first-order chi connectivity index (χ1) is 12.2. The van der Waals surface area contributed by atoms with E-state index >= 15 is 0 Å². The van der Waals surface area contributed by atoms with Crippen molar-refractivity contribution in [1.29, 1.82) is 0 Å². The third-order valence-electron chi connectivity index (χ3n) is 4.71. The van der Waals surface area contributed by atoms with E-state index in [2.05, 4.69) is 39.3 Å². The molecule has 0 aliphatic carbocycles. The molecule has 6 nitrogen and oxygen atoms in total. The average molecular weight is 337 g/mol. The highest BCUT2D eigenvalue weighted by atomic mass is 16.5. The second kappa shape index (κ2) is 6.64. The maximum absolute atomic E-state index is 10.8. The maximum Gasteiger partial charge on any atom is 0.304 e. The second-order valence-electron chi connectivity index (χ2n) is 6.36. The molecule has 1 N–H and O–H groups in total. The first-order valence-electron chi connectivity index (χ1n) is 8.49. The first kappa shape index (κ1) is 15.8.